The maximum Gasteiger partial charge on any atom is 0.278 e. The van der Waals surface area contributed by atoms with Crippen LogP contribution >= 0.6 is 23.2 Å². The molecule has 156 valence electrons. The maximum atomic E-state index is 12.7. The summed E-state index contributed by atoms with van der Waals surface area (Å²) in [5.41, 5.74) is 1.10. The molecular weight excluding hydrogens is 446 g/mol. The van der Waals surface area contributed by atoms with Crippen LogP contribution in [0.1, 0.15) is 5.56 Å². The Balaban J connectivity index is 1.50. The molecule has 4 rings (SSSR count). The van der Waals surface area contributed by atoms with Crippen LogP contribution < -0.4 is 10.9 Å². The van der Waals surface area contributed by atoms with Crippen molar-refractivity contribution in [1.29, 1.82) is 0 Å². The van der Waals surface area contributed by atoms with Gasteiger partial charge in [-0.2, -0.15) is 4.98 Å². The van der Waals surface area contributed by atoms with E-state index in [9.17, 15) is 4.79 Å². The maximum absolute atomic E-state index is 12.7. The van der Waals surface area contributed by atoms with E-state index in [1.165, 1.54) is 6.33 Å². The molecule has 3 aromatic rings. The minimum atomic E-state index is -1.34. The summed E-state index contributed by atoms with van der Waals surface area (Å²) in [5, 5.41) is 1.27. The number of H-pyrrole nitrogens is 1. The van der Waals surface area contributed by atoms with Gasteiger partial charge in [-0.3, -0.25) is 9.78 Å². The standard InChI is InChI=1S/C18H16B4Cl2N6O2/c19-17(20)7-32-8-18(21,22)30(17)4-3-29-9-26-14-13(29)15(31)28-16(27-14)25-6-10-1-2-11(23)12(24)5-10/h1-2,5,9H,3-4,6-8H2,(H2,25,27,28,31). The Morgan fingerprint density at radius 2 is 1.84 bits per heavy atom. The molecule has 0 spiro atoms. The number of benzene rings is 1. The van der Waals surface area contributed by atoms with Gasteiger partial charge in [-0.05, 0) is 28.4 Å². The molecule has 1 aliphatic rings. The molecule has 1 aromatic carbocycles. The predicted molar refractivity (Wildman–Crippen MR) is 128 cm³/mol. The van der Waals surface area contributed by atoms with Gasteiger partial charge in [-0.1, -0.05) is 29.3 Å². The monoisotopic (exact) mass is 462 g/mol. The zero-order valence-corrected chi connectivity index (χ0v) is 18.5. The smallest absolute Gasteiger partial charge is 0.278 e. The lowest BCUT2D eigenvalue weighted by Crippen LogP contribution is -2.70. The fraction of sp³-hybridized carbons (Fsp3) is 0.389. The van der Waals surface area contributed by atoms with E-state index in [1.807, 2.05) is 6.07 Å². The zero-order chi connectivity index (χ0) is 23.1. The van der Waals surface area contributed by atoms with Crippen molar-refractivity contribution < 1.29 is 4.74 Å². The second kappa shape index (κ2) is 8.82. The Kier molecular flexibility index (Phi) is 6.42. The number of aromatic nitrogens is 4. The molecule has 0 bridgehead atoms. The summed E-state index contributed by atoms with van der Waals surface area (Å²) in [6.45, 7) is 1.11. The van der Waals surface area contributed by atoms with Gasteiger partial charge < -0.3 is 19.5 Å². The van der Waals surface area contributed by atoms with Crippen LogP contribution in [0.3, 0.4) is 0 Å². The largest absolute Gasteiger partial charge is 0.381 e. The first-order valence-electron chi connectivity index (χ1n) is 9.71. The molecule has 0 amide bonds. The fourth-order valence-electron chi connectivity index (χ4n) is 3.62. The number of morpholine rings is 1. The molecule has 2 N–H and O–H groups in total. The highest BCUT2D eigenvalue weighted by Gasteiger charge is 2.39. The lowest BCUT2D eigenvalue weighted by Gasteiger charge is -2.54. The molecule has 0 saturated carbocycles. The molecule has 32 heavy (non-hydrogen) atoms. The highest BCUT2D eigenvalue weighted by molar-refractivity contribution is 6.44. The second-order valence-electron chi connectivity index (χ2n) is 7.75. The van der Waals surface area contributed by atoms with Crippen molar-refractivity contribution in [3.63, 3.8) is 0 Å². The van der Waals surface area contributed by atoms with Crippen LogP contribution in [0.15, 0.2) is 29.3 Å². The second-order valence-corrected chi connectivity index (χ2v) is 8.57. The van der Waals surface area contributed by atoms with E-state index in [0.29, 0.717) is 28.7 Å². The zero-order valence-electron chi connectivity index (χ0n) is 17.0. The van der Waals surface area contributed by atoms with Gasteiger partial charge in [-0.15, -0.1) is 0 Å². The minimum Gasteiger partial charge on any atom is -0.381 e. The van der Waals surface area contributed by atoms with Crippen molar-refractivity contribution in [2.24, 2.45) is 0 Å². The minimum absolute atomic E-state index is 0.0732. The number of fused-ring (bicyclic) bond motifs is 1. The summed E-state index contributed by atoms with van der Waals surface area (Å²) < 4.78 is 6.93. The third-order valence-electron chi connectivity index (χ3n) is 5.16. The van der Waals surface area contributed by atoms with Gasteiger partial charge in [0.05, 0.1) is 47.8 Å². The van der Waals surface area contributed by atoms with Crippen molar-refractivity contribution in [2.45, 2.75) is 23.8 Å². The Morgan fingerprint density at radius 3 is 2.53 bits per heavy atom. The number of hydrogen-bond acceptors (Lipinski definition) is 6. The average Bonchev–Trinajstić information content (AvgIpc) is 3.11. The normalized spacial score (nSPS) is 18.1. The Labute approximate surface area is 200 Å². The topological polar surface area (TPSA) is 88.1 Å². The van der Waals surface area contributed by atoms with Crippen LogP contribution in [0.2, 0.25) is 10.0 Å². The van der Waals surface area contributed by atoms with Crippen LogP contribution in [0.4, 0.5) is 5.95 Å². The molecule has 2 aromatic heterocycles. The Morgan fingerprint density at radius 1 is 1.12 bits per heavy atom. The first-order valence-corrected chi connectivity index (χ1v) is 10.5. The third kappa shape index (κ3) is 4.73. The highest BCUT2D eigenvalue weighted by Crippen LogP contribution is 2.24. The van der Waals surface area contributed by atoms with Gasteiger partial charge in [0.2, 0.25) is 5.95 Å². The number of hydrogen-bond donors (Lipinski definition) is 2. The summed E-state index contributed by atoms with van der Waals surface area (Å²) >= 11 is 12.0. The molecule has 8 radical (unpaired) electrons. The van der Waals surface area contributed by atoms with Crippen LogP contribution in [-0.4, -0.2) is 86.2 Å². The van der Waals surface area contributed by atoms with E-state index in [0.717, 1.165) is 5.56 Å². The lowest BCUT2D eigenvalue weighted by atomic mass is 9.52. The molecule has 1 fully saturated rings. The number of halogens is 2. The van der Waals surface area contributed by atoms with Crippen molar-refractivity contribution in [3.8, 4) is 0 Å². The van der Waals surface area contributed by atoms with E-state index >= 15 is 0 Å². The summed E-state index contributed by atoms with van der Waals surface area (Å²) in [6.07, 6.45) is 1.51. The van der Waals surface area contributed by atoms with Crippen molar-refractivity contribution >= 4 is 71.7 Å². The predicted octanol–water partition coefficient (Wildman–Crippen LogP) is 0.352. The van der Waals surface area contributed by atoms with E-state index in [1.54, 1.807) is 21.6 Å². The average molecular weight is 463 g/mol. The molecule has 14 heteroatoms. The first-order chi connectivity index (χ1) is 15.1. The highest BCUT2D eigenvalue weighted by atomic mass is 35.5. The van der Waals surface area contributed by atoms with Gasteiger partial charge in [-0.25, -0.2) is 4.98 Å². The lowest BCUT2D eigenvalue weighted by molar-refractivity contribution is -0.0278. The molecule has 8 nitrogen and oxygen atoms in total. The van der Waals surface area contributed by atoms with Gasteiger partial charge >= 0.3 is 0 Å². The van der Waals surface area contributed by atoms with Crippen molar-refractivity contribution in [1.82, 2.24) is 24.4 Å². The van der Waals surface area contributed by atoms with Gasteiger partial charge in [0, 0.05) is 32.8 Å². The number of ether oxygens (including phenoxy) is 1. The quantitative estimate of drug-likeness (QED) is 0.514. The van der Waals surface area contributed by atoms with Gasteiger partial charge in [0.25, 0.3) is 5.56 Å². The Bertz CT molecular complexity index is 1190. The fourth-order valence-corrected chi connectivity index (χ4v) is 3.94. The molecular formula is C18H16B4Cl2N6O2. The van der Waals surface area contributed by atoms with Crippen LogP contribution in [0, 0.1) is 0 Å². The van der Waals surface area contributed by atoms with Crippen LogP contribution in [-0.2, 0) is 17.8 Å². The van der Waals surface area contributed by atoms with E-state index < -0.39 is 10.7 Å². The summed E-state index contributed by atoms with van der Waals surface area (Å²) in [5.74, 6) is 0.276. The number of nitrogens with zero attached hydrogens (tertiary/aromatic N) is 4. The molecule has 3 heterocycles. The van der Waals surface area contributed by atoms with Crippen molar-refractivity contribution in [3.05, 3.63) is 50.5 Å². The molecule has 1 aliphatic heterocycles. The van der Waals surface area contributed by atoms with Gasteiger partial charge in [0.15, 0.2) is 11.2 Å². The number of imidazole rings is 1. The number of aromatic amines is 1. The first kappa shape index (κ1) is 23.3. The van der Waals surface area contributed by atoms with E-state index in [-0.39, 0.29) is 36.9 Å². The summed E-state index contributed by atoms with van der Waals surface area (Å²) in [7, 11) is 24.4. The summed E-state index contributed by atoms with van der Waals surface area (Å²) in [6, 6.07) is 5.25. The van der Waals surface area contributed by atoms with E-state index in [2.05, 4.69) is 20.3 Å². The summed E-state index contributed by atoms with van der Waals surface area (Å²) in [4.78, 5) is 25.6. The number of rotatable bonds is 6. The number of anilines is 1. The van der Waals surface area contributed by atoms with Crippen LogP contribution in [0.25, 0.3) is 11.2 Å². The van der Waals surface area contributed by atoms with Gasteiger partial charge in [0.1, 0.15) is 0 Å². The number of nitrogens with one attached hydrogen (secondary N) is 2. The van der Waals surface area contributed by atoms with Crippen molar-refractivity contribution in [2.75, 3.05) is 25.1 Å². The molecule has 0 unspecified atom stereocenters. The SMILES string of the molecule is [B]C1([B])COCC([B])([B])N1CCn1cnc2nc(NCc3ccc(Cl)c(Cl)c3)[nH]c(=O)c21. The Hall–Kier alpha value is -1.87. The molecule has 0 aliphatic carbocycles. The van der Waals surface area contributed by atoms with Crippen LogP contribution in [0.5, 0.6) is 0 Å². The van der Waals surface area contributed by atoms with E-state index in [4.69, 9.17) is 59.3 Å². The molecule has 0 atom stereocenters. The molecule has 1 saturated heterocycles. The third-order valence-corrected chi connectivity index (χ3v) is 5.90.